The summed E-state index contributed by atoms with van der Waals surface area (Å²) in [6.07, 6.45) is 81.4. The van der Waals surface area contributed by atoms with E-state index in [9.17, 15) is 14.4 Å². The molecule has 0 saturated carbocycles. The Morgan fingerprint density at radius 2 is 0.614 bits per heavy atom. The quantitative estimate of drug-likeness (QED) is 0.0262. The number of hydrogen-bond donors (Lipinski definition) is 0. The fraction of sp³-hybridized carbons (Fsp3) is 0.578. The highest BCUT2D eigenvalue weighted by Gasteiger charge is 2.19. The first-order valence-electron chi connectivity index (χ1n) is 27.8. The third-order valence-electron chi connectivity index (χ3n) is 11.1. The molecule has 6 heteroatoms. The first-order valence-corrected chi connectivity index (χ1v) is 27.8. The molecular formula is C64H100O6. The summed E-state index contributed by atoms with van der Waals surface area (Å²) in [4.78, 5) is 38.1. The van der Waals surface area contributed by atoms with Gasteiger partial charge < -0.3 is 14.2 Å². The number of esters is 3. The Labute approximate surface area is 429 Å². The second kappa shape index (κ2) is 56.9. The number of carbonyl (C=O) groups is 3. The highest BCUT2D eigenvalue weighted by molar-refractivity contribution is 5.72. The van der Waals surface area contributed by atoms with Gasteiger partial charge in [0, 0.05) is 12.8 Å². The first kappa shape index (κ1) is 65.3. The van der Waals surface area contributed by atoms with Crippen molar-refractivity contribution in [1.82, 2.24) is 0 Å². The normalized spacial score (nSPS) is 13.2. The average molecular weight is 965 g/mol. The second-order valence-electron chi connectivity index (χ2n) is 17.7. The lowest BCUT2D eigenvalue weighted by molar-refractivity contribution is -0.166. The number of hydrogen-bond acceptors (Lipinski definition) is 6. The summed E-state index contributed by atoms with van der Waals surface area (Å²) in [5, 5.41) is 0. The highest BCUT2D eigenvalue weighted by Crippen LogP contribution is 2.12. The molecule has 1 unspecified atom stereocenters. The number of ether oxygens (including phenoxy) is 3. The fourth-order valence-electron chi connectivity index (χ4n) is 6.98. The van der Waals surface area contributed by atoms with Crippen LogP contribution in [-0.2, 0) is 28.6 Å². The zero-order valence-corrected chi connectivity index (χ0v) is 44.7. The first-order chi connectivity index (χ1) is 34.5. The summed E-state index contributed by atoms with van der Waals surface area (Å²) in [6, 6.07) is 0. The molecule has 0 bridgehead atoms. The number of carbonyl (C=O) groups excluding carboxylic acids is 3. The zero-order valence-electron chi connectivity index (χ0n) is 44.7. The predicted molar refractivity (Wildman–Crippen MR) is 302 cm³/mol. The maximum atomic E-state index is 12.8. The van der Waals surface area contributed by atoms with Crippen LogP contribution in [0.4, 0.5) is 0 Å². The second-order valence-corrected chi connectivity index (χ2v) is 17.7. The van der Waals surface area contributed by atoms with Gasteiger partial charge >= 0.3 is 17.9 Å². The van der Waals surface area contributed by atoms with E-state index < -0.39 is 12.1 Å². The lowest BCUT2D eigenvalue weighted by Crippen LogP contribution is -2.30. The minimum absolute atomic E-state index is 0.113. The predicted octanol–water partition coefficient (Wildman–Crippen LogP) is 18.8. The van der Waals surface area contributed by atoms with Crippen LogP contribution in [-0.4, -0.2) is 37.2 Å². The lowest BCUT2D eigenvalue weighted by atomic mass is 10.1. The Morgan fingerprint density at radius 1 is 0.314 bits per heavy atom. The molecule has 0 N–H and O–H groups in total. The van der Waals surface area contributed by atoms with Crippen molar-refractivity contribution >= 4 is 17.9 Å². The molecule has 0 heterocycles. The molecule has 0 fully saturated rings. The molecule has 0 aliphatic heterocycles. The van der Waals surface area contributed by atoms with Crippen molar-refractivity contribution in [2.45, 2.75) is 226 Å². The Hall–Kier alpha value is -4.71. The van der Waals surface area contributed by atoms with Gasteiger partial charge in [-0.2, -0.15) is 0 Å². The molecule has 0 aromatic heterocycles. The van der Waals surface area contributed by atoms with Gasteiger partial charge in [-0.3, -0.25) is 14.4 Å². The average Bonchev–Trinajstić information content (AvgIpc) is 3.36. The van der Waals surface area contributed by atoms with Gasteiger partial charge in [-0.05, 0) is 122 Å². The van der Waals surface area contributed by atoms with E-state index in [0.717, 1.165) is 148 Å². The number of allylic oxidation sites excluding steroid dienone is 23. The van der Waals surface area contributed by atoms with Crippen molar-refractivity contribution in [2.75, 3.05) is 13.2 Å². The Bertz CT molecular complexity index is 1580. The maximum Gasteiger partial charge on any atom is 0.309 e. The Balaban J connectivity index is 4.57. The van der Waals surface area contributed by atoms with Gasteiger partial charge in [0.15, 0.2) is 6.10 Å². The van der Waals surface area contributed by atoms with Crippen LogP contribution in [0.25, 0.3) is 0 Å². The van der Waals surface area contributed by atoms with Crippen LogP contribution in [0.5, 0.6) is 0 Å². The van der Waals surface area contributed by atoms with Crippen LogP contribution >= 0.6 is 0 Å². The molecule has 0 rings (SSSR count). The van der Waals surface area contributed by atoms with Gasteiger partial charge in [-0.25, -0.2) is 0 Å². The zero-order chi connectivity index (χ0) is 50.7. The molecule has 0 saturated heterocycles. The van der Waals surface area contributed by atoms with Crippen LogP contribution in [0.15, 0.2) is 146 Å². The summed E-state index contributed by atoms with van der Waals surface area (Å²) >= 11 is 0. The summed E-state index contributed by atoms with van der Waals surface area (Å²) in [5.41, 5.74) is 0. The molecule has 0 aliphatic rings. The summed E-state index contributed by atoms with van der Waals surface area (Å²) in [5.74, 6) is -1.10. The van der Waals surface area contributed by atoms with E-state index in [1.165, 1.54) is 32.1 Å². The Kier molecular flexibility index (Phi) is 53.0. The van der Waals surface area contributed by atoms with Gasteiger partial charge in [0.2, 0.25) is 0 Å². The molecule has 70 heavy (non-hydrogen) atoms. The van der Waals surface area contributed by atoms with Gasteiger partial charge in [0.05, 0.1) is 6.42 Å². The van der Waals surface area contributed by atoms with Gasteiger partial charge in [0.25, 0.3) is 0 Å². The fourth-order valence-corrected chi connectivity index (χ4v) is 6.98. The largest absolute Gasteiger partial charge is 0.462 e. The van der Waals surface area contributed by atoms with Gasteiger partial charge in [-0.15, -0.1) is 0 Å². The van der Waals surface area contributed by atoms with E-state index >= 15 is 0 Å². The highest BCUT2D eigenvalue weighted by atomic mass is 16.6. The van der Waals surface area contributed by atoms with Crippen LogP contribution in [0.1, 0.15) is 220 Å². The minimum atomic E-state index is -0.840. The topological polar surface area (TPSA) is 78.9 Å². The van der Waals surface area contributed by atoms with Crippen molar-refractivity contribution < 1.29 is 28.6 Å². The van der Waals surface area contributed by atoms with E-state index in [2.05, 4.69) is 154 Å². The summed E-state index contributed by atoms with van der Waals surface area (Å²) < 4.78 is 16.7. The van der Waals surface area contributed by atoms with E-state index in [-0.39, 0.29) is 38.0 Å². The Morgan fingerprint density at radius 3 is 1.00 bits per heavy atom. The SMILES string of the molecule is CC/C=C\C/C=C\C/C=C\C/C=C\C/C=C\CCCCCCCC(=O)OCC(COC(=O)C/C=C\C/C=C\C/C=C\C/C=C\C/C=C\CC)OC(=O)CCCCCCC/C=C\C/C=C\CCCCCC. The van der Waals surface area contributed by atoms with E-state index in [0.29, 0.717) is 6.42 Å². The van der Waals surface area contributed by atoms with E-state index in [1.807, 2.05) is 6.08 Å². The summed E-state index contributed by atoms with van der Waals surface area (Å²) in [7, 11) is 0. The molecule has 0 aromatic carbocycles. The van der Waals surface area contributed by atoms with E-state index in [1.54, 1.807) is 6.08 Å². The maximum absolute atomic E-state index is 12.8. The van der Waals surface area contributed by atoms with Gasteiger partial charge in [-0.1, -0.05) is 224 Å². The van der Waals surface area contributed by atoms with Crippen LogP contribution in [0, 0.1) is 0 Å². The summed E-state index contributed by atoms with van der Waals surface area (Å²) in [6.45, 7) is 6.26. The third kappa shape index (κ3) is 54.2. The monoisotopic (exact) mass is 965 g/mol. The third-order valence-corrected chi connectivity index (χ3v) is 11.1. The molecule has 1 atom stereocenters. The minimum Gasteiger partial charge on any atom is -0.462 e. The molecule has 0 aliphatic carbocycles. The number of unbranched alkanes of at least 4 members (excludes halogenated alkanes) is 14. The van der Waals surface area contributed by atoms with E-state index in [4.69, 9.17) is 14.2 Å². The molecule has 0 aromatic rings. The van der Waals surface area contributed by atoms with Crippen LogP contribution in [0.2, 0.25) is 0 Å². The van der Waals surface area contributed by atoms with Crippen LogP contribution in [0.3, 0.4) is 0 Å². The molecule has 0 radical (unpaired) electrons. The molecule has 0 amide bonds. The van der Waals surface area contributed by atoms with Crippen LogP contribution < -0.4 is 0 Å². The van der Waals surface area contributed by atoms with Gasteiger partial charge in [0.1, 0.15) is 13.2 Å². The molecule has 0 spiro atoms. The van der Waals surface area contributed by atoms with Crippen molar-refractivity contribution in [1.29, 1.82) is 0 Å². The van der Waals surface area contributed by atoms with Crippen molar-refractivity contribution in [2.24, 2.45) is 0 Å². The van der Waals surface area contributed by atoms with Crippen molar-refractivity contribution in [3.63, 3.8) is 0 Å². The van der Waals surface area contributed by atoms with Crippen molar-refractivity contribution in [3.05, 3.63) is 146 Å². The lowest BCUT2D eigenvalue weighted by Gasteiger charge is -2.18. The molecule has 392 valence electrons. The molecule has 6 nitrogen and oxygen atoms in total. The standard InChI is InChI=1S/C64H100O6/c1-4-7-10-13-16-19-22-25-28-30-31-32-33-34-37-39-42-45-48-51-54-57-63(66)69-60-61(59-68-62(65)56-53-50-47-44-41-38-35-27-24-21-18-15-12-9-6-3)70-64(67)58-55-52-49-46-43-40-36-29-26-23-20-17-14-11-8-5-2/h7,9-10,12,16,18-21,23,25,27-29,31-32,34-37,41,44,50,53,61H,4-6,8,11,13-15,17,22,24,26,30,33,38-40,42-43,45-49,51-52,54-60H2,1-3H3/b10-7-,12-9-,19-16-,21-18-,23-20-,28-25-,32-31-,35-27-,36-29-,37-34-,44-41-,53-50-. The van der Waals surface area contributed by atoms with Crippen molar-refractivity contribution in [3.8, 4) is 0 Å². The smallest absolute Gasteiger partial charge is 0.309 e. The number of rotatable bonds is 48. The molecular weight excluding hydrogens is 865 g/mol.